The monoisotopic (exact) mass is 661 g/mol. The second-order valence-corrected chi connectivity index (χ2v) is 12.8. The van der Waals surface area contributed by atoms with Gasteiger partial charge in [-0.25, -0.2) is 14.6 Å². The van der Waals surface area contributed by atoms with Gasteiger partial charge in [-0.2, -0.15) is 4.37 Å². The lowest BCUT2D eigenvalue weighted by molar-refractivity contribution is -0.160. The zero-order valence-electron chi connectivity index (χ0n) is 25.2. The number of carbonyl (C=O) groups is 4. The van der Waals surface area contributed by atoms with E-state index in [1.54, 1.807) is 20.8 Å². The predicted octanol–water partition coefficient (Wildman–Crippen LogP) is 3.77. The van der Waals surface area contributed by atoms with Crippen LogP contribution in [0.5, 0.6) is 0 Å². The fourth-order valence-electron chi connectivity index (χ4n) is 4.72. The van der Waals surface area contributed by atoms with E-state index in [1.807, 2.05) is 60.7 Å². The van der Waals surface area contributed by atoms with Crippen LogP contribution in [0.15, 0.2) is 95.3 Å². The predicted molar refractivity (Wildman–Crippen MR) is 171 cm³/mol. The maximum Gasteiger partial charge on any atom is 0.356 e. The Balaban J connectivity index is 1.32. The van der Waals surface area contributed by atoms with E-state index in [1.165, 1.54) is 28.2 Å². The van der Waals surface area contributed by atoms with Gasteiger partial charge in [0, 0.05) is 5.75 Å². The van der Waals surface area contributed by atoms with Gasteiger partial charge in [-0.3, -0.25) is 14.5 Å². The fraction of sp³-hybridized carbons (Fsp3) is 0.281. The molecule has 1 N–H and O–H groups in total. The number of rotatable bonds is 11. The maximum absolute atomic E-state index is 13.8. The Kier molecular flexibility index (Phi) is 9.97. The molecule has 2 aliphatic heterocycles. The number of carbonyl (C=O) groups excluding carboxylic acids is 4. The third kappa shape index (κ3) is 7.35. The molecule has 2 aromatic carbocycles. The summed E-state index contributed by atoms with van der Waals surface area (Å²) < 4.78 is 15.3. The molecule has 3 aromatic rings. The summed E-state index contributed by atoms with van der Waals surface area (Å²) in [5, 5.41) is 5.84. The van der Waals surface area contributed by atoms with E-state index >= 15 is 0 Å². The molecule has 2 atom stereocenters. The van der Waals surface area contributed by atoms with E-state index in [4.69, 9.17) is 14.3 Å². The first-order chi connectivity index (χ1) is 22.1. The molecule has 1 unspecified atom stereocenters. The molecule has 1 aromatic heterocycles. The van der Waals surface area contributed by atoms with E-state index in [0.29, 0.717) is 11.3 Å². The summed E-state index contributed by atoms with van der Waals surface area (Å²) in [5.74, 6) is -2.39. The first kappa shape index (κ1) is 32.6. The van der Waals surface area contributed by atoms with Crippen LogP contribution in [-0.4, -0.2) is 73.1 Å². The molecular formula is C32H31N5O7S2. The van der Waals surface area contributed by atoms with Crippen molar-refractivity contribution in [1.82, 2.24) is 19.6 Å². The number of esters is 2. The highest BCUT2D eigenvalue weighted by Crippen LogP contribution is 2.42. The number of hydrogen-bond donors (Lipinski definition) is 1. The standard InChI is InChI=1S/C32H31N5O7S2/c1-5-19-17-45-30-24(34-28(39)23(27-33-18-46-36-27)35-42-16-22(38)44-32(2,3)4)29(40)37(30)25(19)31(41)43-26(20-12-8-6-9-13-20)21-14-10-7-11-15-21/h5-15,18,24,26,30H,1,16-17H2,2-4H3,(H,34,39)/t24?,30-/m1/s1. The van der Waals surface area contributed by atoms with Gasteiger partial charge in [0.05, 0.1) is 0 Å². The van der Waals surface area contributed by atoms with E-state index in [2.05, 4.69) is 26.4 Å². The van der Waals surface area contributed by atoms with E-state index in [-0.39, 0.29) is 17.2 Å². The Morgan fingerprint density at radius 3 is 2.33 bits per heavy atom. The quantitative estimate of drug-likeness (QED) is 0.139. The van der Waals surface area contributed by atoms with Crippen LogP contribution in [-0.2, 0) is 33.5 Å². The molecule has 238 valence electrons. The zero-order valence-corrected chi connectivity index (χ0v) is 26.9. The first-order valence-corrected chi connectivity index (χ1v) is 16.1. The minimum absolute atomic E-state index is 0.0439. The van der Waals surface area contributed by atoms with Gasteiger partial charge in [-0.05, 0) is 49.0 Å². The van der Waals surface area contributed by atoms with Crippen LogP contribution in [0.1, 0.15) is 43.8 Å². The minimum Gasteiger partial charge on any atom is -0.457 e. The number of β-lactam (4-membered cyclic amide) rings is 1. The Labute approximate surface area is 273 Å². The molecule has 2 amide bonds. The van der Waals surface area contributed by atoms with E-state index in [9.17, 15) is 19.2 Å². The number of amides is 2. The molecular weight excluding hydrogens is 631 g/mol. The molecule has 12 nitrogen and oxygen atoms in total. The highest BCUT2D eigenvalue weighted by Gasteiger charge is 2.54. The van der Waals surface area contributed by atoms with Gasteiger partial charge in [0.1, 0.15) is 28.2 Å². The molecule has 0 spiro atoms. The summed E-state index contributed by atoms with van der Waals surface area (Å²) >= 11 is 2.34. The Morgan fingerprint density at radius 2 is 1.76 bits per heavy atom. The number of hydrogen-bond acceptors (Lipinski definition) is 12. The molecule has 0 aliphatic carbocycles. The van der Waals surface area contributed by atoms with Gasteiger partial charge in [0.15, 0.2) is 6.10 Å². The van der Waals surface area contributed by atoms with Crippen LogP contribution in [0.3, 0.4) is 0 Å². The number of oxime groups is 1. The van der Waals surface area contributed by atoms with Crippen molar-refractivity contribution in [2.24, 2.45) is 5.16 Å². The number of allylic oxidation sites excluding steroid dienone is 1. The topological polar surface area (TPSA) is 149 Å². The summed E-state index contributed by atoms with van der Waals surface area (Å²) in [6, 6.07) is 17.6. The average molecular weight is 662 g/mol. The van der Waals surface area contributed by atoms with Gasteiger partial charge in [0.25, 0.3) is 11.8 Å². The molecule has 14 heteroatoms. The highest BCUT2D eigenvalue weighted by atomic mass is 32.2. The minimum atomic E-state index is -1.000. The number of aromatic nitrogens is 2. The second-order valence-electron chi connectivity index (χ2n) is 11.1. The first-order valence-electron chi connectivity index (χ1n) is 14.2. The van der Waals surface area contributed by atoms with Crippen molar-refractivity contribution in [2.75, 3.05) is 12.4 Å². The van der Waals surface area contributed by atoms with Gasteiger partial charge in [-0.1, -0.05) is 78.5 Å². The summed E-state index contributed by atoms with van der Waals surface area (Å²) in [5.41, 5.74) is 2.48. The van der Waals surface area contributed by atoms with Crippen LogP contribution >= 0.6 is 23.3 Å². The maximum atomic E-state index is 13.8. The van der Waals surface area contributed by atoms with Crippen molar-refractivity contribution in [3.8, 4) is 0 Å². The van der Waals surface area contributed by atoms with Crippen LogP contribution in [0.2, 0.25) is 0 Å². The number of benzene rings is 2. The van der Waals surface area contributed by atoms with Crippen molar-refractivity contribution in [3.05, 3.63) is 107 Å². The molecule has 3 heterocycles. The Bertz CT molecular complexity index is 1630. The van der Waals surface area contributed by atoms with Crippen molar-refractivity contribution < 1.29 is 33.5 Å². The molecule has 0 bridgehead atoms. The molecule has 46 heavy (non-hydrogen) atoms. The van der Waals surface area contributed by atoms with Crippen molar-refractivity contribution in [2.45, 2.75) is 43.9 Å². The van der Waals surface area contributed by atoms with Crippen LogP contribution in [0, 0.1) is 0 Å². The fourth-order valence-corrected chi connectivity index (χ4v) is 6.49. The lowest BCUT2D eigenvalue weighted by Crippen LogP contribution is -2.71. The molecule has 2 aliphatic rings. The normalized spacial score (nSPS) is 18.0. The third-order valence-electron chi connectivity index (χ3n) is 6.70. The number of ether oxygens (including phenoxy) is 2. The van der Waals surface area contributed by atoms with E-state index < -0.39 is 53.5 Å². The highest BCUT2D eigenvalue weighted by molar-refractivity contribution is 8.00. The van der Waals surface area contributed by atoms with Gasteiger partial charge < -0.3 is 19.6 Å². The van der Waals surface area contributed by atoms with Gasteiger partial charge >= 0.3 is 11.9 Å². The molecule has 5 rings (SSSR count). The second kappa shape index (κ2) is 14.1. The lowest BCUT2D eigenvalue weighted by Gasteiger charge is -2.49. The summed E-state index contributed by atoms with van der Waals surface area (Å²) in [6.07, 6.45) is 0.804. The summed E-state index contributed by atoms with van der Waals surface area (Å²) in [4.78, 5) is 63.2. The largest absolute Gasteiger partial charge is 0.457 e. The van der Waals surface area contributed by atoms with Gasteiger partial charge in [-0.15, -0.1) is 11.8 Å². The zero-order chi connectivity index (χ0) is 32.8. The van der Waals surface area contributed by atoms with Crippen LogP contribution in [0.4, 0.5) is 0 Å². The average Bonchev–Trinajstić information content (AvgIpc) is 3.58. The molecule has 1 saturated heterocycles. The van der Waals surface area contributed by atoms with Crippen molar-refractivity contribution in [3.63, 3.8) is 0 Å². The van der Waals surface area contributed by atoms with Crippen LogP contribution in [0.25, 0.3) is 0 Å². The SMILES string of the molecule is C=CC1=C(C(=O)OC(c2ccccc2)c2ccccc2)N2C(=O)C(NC(=O)C(=NOCC(=O)OC(C)(C)C)c3ncsn3)[C@H]2SC1. The summed E-state index contributed by atoms with van der Waals surface area (Å²) in [7, 11) is 0. The molecule has 0 saturated carbocycles. The van der Waals surface area contributed by atoms with Gasteiger partial charge in [0.2, 0.25) is 18.1 Å². The van der Waals surface area contributed by atoms with Crippen molar-refractivity contribution >= 4 is 52.8 Å². The number of nitrogens with zero attached hydrogens (tertiary/aromatic N) is 4. The number of fused-ring (bicyclic) bond motifs is 1. The number of nitrogens with one attached hydrogen (secondary N) is 1. The lowest BCUT2D eigenvalue weighted by atomic mass is 10.0. The van der Waals surface area contributed by atoms with Crippen LogP contribution < -0.4 is 5.32 Å². The number of thioether (sulfide) groups is 1. The van der Waals surface area contributed by atoms with E-state index in [0.717, 1.165) is 22.7 Å². The molecule has 0 radical (unpaired) electrons. The summed E-state index contributed by atoms with van der Waals surface area (Å²) in [6.45, 7) is 8.40. The molecule has 1 fully saturated rings. The smallest absolute Gasteiger partial charge is 0.356 e. The Hall–Kier alpha value is -4.82. The third-order valence-corrected chi connectivity index (χ3v) is 8.48. The Morgan fingerprint density at radius 1 is 1.11 bits per heavy atom. The van der Waals surface area contributed by atoms with Crippen molar-refractivity contribution in [1.29, 1.82) is 0 Å².